The topological polar surface area (TPSA) is 63.8 Å². The predicted octanol–water partition coefficient (Wildman–Crippen LogP) is 3.44. The van der Waals surface area contributed by atoms with Crippen LogP contribution in [0.5, 0.6) is 0 Å². The number of nitrogens with one attached hydrogen (secondary N) is 1. The fourth-order valence-electron chi connectivity index (χ4n) is 2.78. The van der Waals surface area contributed by atoms with Crippen molar-refractivity contribution in [3.63, 3.8) is 0 Å². The van der Waals surface area contributed by atoms with E-state index in [0.29, 0.717) is 0 Å². The van der Waals surface area contributed by atoms with E-state index in [0.717, 1.165) is 36.9 Å². The number of rotatable bonds is 6. The summed E-state index contributed by atoms with van der Waals surface area (Å²) in [6, 6.07) is 0. The average molecular weight is 323 g/mol. The van der Waals surface area contributed by atoms with Crippen LogP contribution in [-0.4, -0.2) is 29.3 Å². The number of hydrogen-bond acceptors (Lipinski definition) is 6. The van der Waals surface area contributed by atoms with Crippen LogP contribution in [-0.2, 0) is 12.8 Å². The van der Waals surface area contributed by atoms with E-state index in [1.54, 1.807) is 11.8 Å². The summed E-state index contributed by atoms with van der Waals surface area (Å²) < 4.78 is 1.24. The van der Waals surface area contributed by atoms with Gasteiger partial charge in [-0.25, -0.2) is 9.97 Å². The molecule has 0 spiro atoms. The van der Waals surface area contributed by atoms with Crippen LogP contribution in [0.3, 0.4) is 0 Å². The van der Waals surface area contributed by atoms with Gasteiger partial charge in [-0.05, 0) is 56.9 Å². The van der Waals surface area contributed by atoms with Gasteiger partial charge in [0.1, 0.15) is 5.82 Å². The molecule has 0 aliphatic heterocycles. The number of anilines is 1. The molecule has 0 radical (unpaired) electrons. The van der Waals surface area contributed by atoms with E-state index in [2.05, 4.69) is 10.3 Å². The second-order valence-corrected chi connectivity index (χ2v) is 7.25. The van der Waals surface area contributed by atoms with Gasteiger partial charge in [0.25, 0.3) is 0 Å². The predicted molar refractivity (Wildman–Crippen MR) is 92.6 cm³/mol. The van der Waals surface area contributed by atoms with Gasteiger partial charge in [0, 0.05) is 11.4 Å². The van der Waals surface area contributed by atoms with Gasteiger partial charge < -0.3 is 11.1 Å². The first-order valence-electron chi connectivity index (χ1n) is 7.63. The lowest BCUT2D eigenvalue weighted by atomic mass is 9.98. The third-order valence-electron chi connectivity index (χ3n) is 3.88. The Morgan fingerprint density at radius 3 is 2.90 bits per heavy atom. The number of unbranched alkanes of at least 4 members (excludes halogenated alkanes) is 1. The molecule has 1 aliphatic carbocycles. The van der Waals surface area contributed by atoms with E-state index < -0.39 is 0 Å². The zero-order chi connectivity index (χ0) is 14.7. The fraction of sp³-hybridized carbons (Fsp3) is 0.600. The van der Waals surface area contributed by atoms with E-state index in [9.17, 15) is 0 Å². The zero-order valence-electron chi connectivity index (χ0n) is 12.4. The van der Waals surface area contributed by atoms with Gasteiger partial charge >= 0.3 is 0 Å². The Kier molecular flexibility index (Phi) is 4.98. The van der Waals surface area contributed by atoms with Gasteiger partial charge in [0.05, 0.1) is 10.2 Å². The minimum Gasteiger partial charge on any atom is -0.369 e. The maximum absolute atomic E-state index is 5.56. The van der Waals surface area contributed by atoms with Crippen molar-refractivity contribution in [2.75, 3.05) is 24.7 Å². The summed E-state index contributed by atoms with van der Waals surface area (Å²) in [5, 5.41) is 4.37. The maximum Gasteiger partial charge on any atom is 0.189 e. The van der Waals surface area contributed by atoms with Crippen LogP contribution in [0, 0.1) is 0 Å². The third kappa shape index (κ3) is 3.17. The second kappa shape index (κ2) is 6.94. The number of nitrogens with zero attached hydrogens (tertiary/aromatic N) is 2. The van der Waals surface area contributed by atoms with Gasteiger partial charge in [-0.3, -0.25) is 0 Å². The average Bonchev–Trinajstić information content (AvgIpc) is 2.90. The summed E-state index contributed by atoms with van der Waals surface area (Å²) in [6.07, 6.45) is 9.15. The van der Waals surface area contributed by atoms with Crippen molar-refractivity contribution in [3.05, 3.63) is 10.4 Å². The number of fused-ring (bicyclic) bond motifs is 3. The van der Waals surface area contributed by atoms with Crippen molar-refractivity contribution in [1.82, 2.24) is 9.97 Å². The molecule has 21 heavy (non-hydrogen) atoms. The molecule has 0 unspecified atom stereocenters. The lowest BCUT2D eigenvalue weighted by Crippen LogP contribution is -2.07. The van der Waals surface area contributed by atoms with E-state index in [1.807, 2.05) is 17.6 Å². The Morgan fingerprint density at radius 2 is 2.10 bits per heavy atom. The first kappa shape index (κ1) is 15.1. The first-order valence-corrected chi connectivity index (χ1v) is 9.68. The molecule has 2 heterocycles. The quantitative estimate of drug-likeness (QED) is 0.484. The van der Waals surface area contributed by atoms with Crippen molar-refractivity contribution in [2.45, 2.75) is 43.7 Å². The number of aromatic nitrogens is 2. The van der Waals surface area contributed by atoms with Gasteiger partial charge in [-0.2, -0.15) is 0 Å². The molecular weight excluding hydrogens is 300 g/mol. The van der Waals surface area contributed by atoms with Gasteiger partial charge in [0.15, 0.2) is 5.16 Å². The molecule has 0 atom stereocenters. The number of nitrogens with two attached hydrogens (primary N) is 1. The highest BCUT2D eigenvalue weighted by molar-refractivity contribution is 7.98. The molecular formula is C15H22N4S2. The lowest BCUT2D eigenvalue weighted by molar-refractivity contribution is 0.699. The highest BCUT2D eigenvalue weighted by Crippen LogP contribution is 2.39. The monoisotopic (exact) mass is 322 g/mol. The van der Waals surface area contributed by atoms with Crippen LogP contribution in [0.4, 0.5) is 5.82 Å². The van der Waals surface area contributed by atoms with E-state index in [1.165, 1.54) is 46.3 Å². The molecule has 0 saturated carbocycles. The van der Waals surface area contributed by atoms with Crippen LogP contribution in [0.15, 0.2) is 5.16 Å². The molecule has 2 aromatic rings. The Balaban J connectivity index is 1.95. The Morgan fingerprint density at radius 1 is 1.24 bits per heavy atom. The minimum absolute atomic E-state index is 0.754. The van der Waals surface area contributed by atoms with Gasteiger partial charge in [-0.1, -0.05) is 11.8 Å². The summed E-state index contributed by atoms with van der Waals surface area (Å²) in [6.45, 7) is 1.68. The standard InChI is InChI=1S/C15H22N4S2/c1-20-15-18-12-10-6-2-3-7-11(10)21-13(12)14(19-15)17-9-5-4-8-16/h2-9,16H2,1H3,(H,17,18,19). The molecule has 0 fully saturated rings. The summed E-state index contributed by atoms with van der Waals surface area (Å²) in [4.78, 5) is 11.0. The van der Waals surface area contributed by atoms with Crippen LogP contribution in [0.2, 0.25) is 0 Å². The van der Waals surface area contributed by atoms with Crippen molar-refractivity contribution in [1.29, 1.82) is 0 Å². The molecule has 0 saturated heterocycles. The van der Waals surface area contributed by atoms with Crippen molar-refractivity contribution >= 4 is 39.1 Å². The molecule has 2 aromatic heterocycles. The minimum atomic E-state index is 0.754. The van der Waals surface area contributed by atoms with E-state index >= 15 is 0 Å². The van der Waals surface area contributed by atoms with E-state index in [4.69, 9.17) is 10.7 Å². The molecule has 0 amide bonds. The molecule has 6 heteroatoms. The summed E-state index contributed by atoms with van der Waals surface area (Å²) >= 11 is 3.51. The Hall–Kier alpha value is -0.850. The number of aryl methyl sites for hydroxylation is 2. The van der Waals surface area contributed by atoms with Gasteiger partial charge in [-0.15, -0.1) is 11.3 Å². The maximum atomic E-state index is 5.56. The second-order valence-electron chi connectivity index (χ2n) is 5.37. The third-order valence-corrected chi connectivity index (χ3v) is 5.71. The van der Waals surface area contributed by atoms with E-state index in [-0.39, 0.29) is 0 Å². The Labute approximate surface area is 133 Å². The van der Waals surface area contributed by atoms with Crippen molar-refractivity contribution < 1.29 is 0 Å². The van der Waals surface area contributed by atoms with Crippen molar-refractivity contribution in [3.8, 4) is 0 Å². The Bertz CT molecular complexity index is 624. The number of thioether (sulfide) groups is 1. The molecule has 0 aromatic carbocycles. The molecule has 4 nitrogen and oxygen atoms in total. The molecule has 114 valence electrons. The van der Waals surface area contributed by atoms with Crippen LogP contribution < -0.4 is 11.1 Å². The molecule has 3 N–H and O–H groups in total. The molecule has 3 rings (SSSR count). The number of thiophene rings is 1. The molecule has 1 aliphatic rings. The zero-order valence-corrected chi connectivity index (χ0v) is 14.1. The summed E-state index contributed by atoms with van der Waals surface area (Å²) in [7, 11) is 0. The van der Waals surface area contributed by atoms with Crippen LogP contribution in [0.1, 0.15) is 36.1 Å². The first-order chi connectivity index (χ1) is 10.3. The van der Waals surface area contributed by atoms with Crippen LogP contribution >= 0.6 is 23.1 Å². The normalized spacial score (nSPS) is 14.4. The smallest absolute Gasteiger partial charge is 0.189 e. The van der Waals surface area contributed by atoms with Gasteiger partial charge in [0.2, 0.25) is 0 Å². The summed E-state index contributed by atoms with van der Waals surface area (Å²) in [5.74, 6) is 1.01. The largest absolute Gasteiger partial charge is 0.369 e. The SMILES string of the molecule is CSc1nc(NCCCCN)c2sc3c(c2n1)CCCC3. The lowest BCUT2D eigenvalue weighted by Gasteiger charge is -2.10. The molecule has 0 bridgehead atoms. The highest BCUT2D eigenvalue weighted by atomic mass is 32.2. The highest BCUT2D eigenvalue weighted by Gasteiger charge is 2.20. The fourth-order valence-corrected chi connectivity index (χ4v) is 4.44. The van der Waals surface area contributed by atoms with Crippen LogP contribution in [0.25, 0.3) is 10.2 Å². The van der Waals surface area contributed by atoms with Crippen molar-refractivity contribution in [2.24, 2.45) is 5.73 Å². The number of hydrogen-bond donors (Lipinski definition) is 2. The summed E-state index contributed by atoms with van der Waals surface area (Å²) in [5.41, 5.74) is 8.22.